The second kappa shape index (κ2) is 2.99. The van der Waals surface area contributed by atoms with E-state index >= 15 is 0 Å². The van der Waals surface area contributed by atoms with Gasteiger partial charge in [-0.3, -0.25) is 4.79 Å². The Morgan fingerprint density at radius 3 is 2.79 bits per heavy atom. The second-order valence-electron chi connectivity index (χ2n) is 2.88. The van der Waals surface area contributed by atoms with Gasteiger partial charge in [0.25, 0.3) is 5.91 Å². The lowest BCUT2D eigenvalue weighted by Gasteiger charge is -1.97. The zero-order chi connectivity index (χ0) is 10.1. The molecule has 0 atom stereocenters. The third kappa shape index (κ3) is 1.26. The van der Waals surface area contributed by atoms with Gasteiger partial charge in [-0.25, -0.2) is 0 Å². The molecule has 4 heteroatoms. The van der Waals surface area contributed by atoms with Crippen molar-refractivity contribution in [2.24, 2.45) is 0 Å². The van der Waals surface area contributed by atoms with E-state index in [-0.39, 0.29) is 5.57 Å². The molecule has 0 fully saturated rings. The Balaban J connectivity index is 2.55. The van der Waals surface area contributed by atoms with Crippen molar-refractivity contribution in [2.75, 3.05) is 5.32 Å². The van der Waals surface area contributed by atoms with Crippen LogP contribution < -0.4 is 10.4 Å². The van der Waals surface area contributed by atoms with Crippen molar-refractivity contribution in [2.45, 2.75) is 0 Å². The fraction of sp³-hybridized carbons (Fsp3) is 0. The fourth-order valence-corrected chi connectivity index (χ4v) is 1.40. The van der Waals surface area contributed by atoms with E-state index in [1.54, 1.807) is 24.3 Å². The molecule has 0 spiro atoms. The summed E-state index contributed by atoms with van der Waals surface area (Å²) in [7, 11) is 0. The predicted molar refractivity (Wildman–Crippen MR) is 48.1 cm³/mol. The Hall–Kier alpha value is -2.10. The highest BCUT2D eigenvalue weighted by molar-refractivity contribution is 6.33. The van der Waals surface area contributed by atoms with E-state index in [2.05, 4.69) is 5.32 Å². The van der Waals surface area contributed by atoms with Gasteiger partial charge in [0.05, 0.1) is 11.5 Å². The zero-order valence-electron chi connectivity index (χ0n) is 7.11. The molecule has 70 valence electrons. The standard InChI is InChI=1S/C10H7NO3/c12-9(13)5-7-6-3-1-2-4-8(6)11-10(7)14/h1-5H,(H,11,14)(H,12,13)/p-1. The summed E-state index contributed by atoms with van der Waals surface area (Å²) >= 11 is 0. The largest absolute Gasteiger partial charge is 0.545 e. The molecule has 14 heavy (non-hydrogen) atoms. The molecule has 0 aromatic heterocycles. The van der Waals surface area contributed by atoms with Crippen LogP contribution >= 0.6 is 0 Å². The molecule has 2 rings (SSSR count). The molecule has 0 radical (unpaired) electrons. The average molecular weight is 188 g/mol. The molecule has 1 aliphatic heterocycles. The molecule has 0 saturated heterocycles. The van der Waals surface area contributed by atoms with Crippen molar-refractivity contribution in [1.29, 1.82) is 0 Å². The number of para-hydroxylation sites is 1. The first-order chi connectivity index (χ1) is 6.68. The number of carbonyl (C=O) groups is 2. The van der Waals surface area contributed by atoms with E-state index in [0.717, 1.165) is 6.08 Å². The normalized spacial score (nSPS) is 16.6. The van der Waals surface area contributed by atoms with Crippen LogP contribution in [0.4, 0.5) is 5.69 Å². The van der Waals surface area contributed by atoms with Gasteiger partial charge in [0.15, 0.2) is 0 Å². The molecule has 1 heterocycles. The molecule has 1 aliphatic rings. The number of fused-ring (bicyclic) bond motifs is 1. The summed E-state index contributed by atoms with van der Waals surface area (Å²) in [5.41, 5.74) is 1.37. The van der Waals surface area contributed by atoms with Gasteiger partial charge in [0.1, 0.15) is 0 Å². The number of rotatable bonds is 1. The Morgan fingerprint density at radius 2 is 2.07 bits per heavy atom. The first-order valence-corrected chi connectivity index (χ1v) is 4.02. The number of carboxylic acid groups (broad SMARTS) is 1. The molecular weight excluding hydrogens is 182 g/mol. The van der Waals surface area contributed by atoms with E-state index in [4.69, 9.17) is 0 Å². The van der Waals surface area contributed by atoms with Crippen molar-refractivity contribution in [3.63, 3.8) is 0 Å². The molecule has 1 amide bonds. The third-order valence-electron chi connectivity index (χ3n) is 1.97. The van der Waals surface area contributed by atoms with Gasteiger partial charge in [-0.15, -0.1) is 0 Å². The lowest BCUT2D eigenvalue weighted by atomic mass is 10.1. The number of amides is 1. The Kier molecular flexibility index (Phi) is 1.81. The number of carbonyl (C=O) groups excluding carboxylic acids is 2. The molecule has 1 N–H and O–H groups in total. The third-order valence-corrected chi connectivity index (χ3v) is 1.97. The number of aliphatic carboxylic acids is 1. The van der Waals surface area contributed by atoms with Crippen LogP contribution in [0.3, 0.4) is 0 Å². The highest BCUT2D eigenvalue weighted by atomic mass is 16.4. The van der Waals surface area contributed by atoms with Crippen molar-refractivity contribution in [3.8, 4) is 0 Å². The van der Waals surface area contributed by atoms with Crippen molar-refractivity contribution in [3.05, 3.63) is 35.9 Å². The Morgan fingerprint density at radius 1 is 1.36 bits per heavy atom. The maximum atomic E-state index is 11.3. The van der Waals surface area contributed by atoms with E-state index in [1.807, 2.05) is 0 Å². The first kappa shape index (κ1) is 8.50. The number of nitrogens with one attached hydrogen (secondary N) is 1. The molecule has 1 aromatic rings. The summed E-state index contributed by atoms with van der Waals surface area (Å²) in [5, 5.41) is 12.9. The SMILES string of the molecule is O=C([O-])C=C1C(=O)Nc2ccccc21. The quantitative estimate of drug-likeness (QED) is 0.619. The average Bonchev–Trinajstić information content (AvgIpc) is 2.43. The van der Waals surface area contributed by atoms with Crippen LogP contribution in [0.25, 0.3) is 5.57 Å². The molecule has 1 aromatic carbocycles. The summed E-state index contributed by atoms with van der Waals surface area (Å²) in [4.78, 5) is 21.6. The number of hydrogen-bond donors (Lipinski definition) is 1. The van der Waals surface area contributed by atoms with Crippen LogP contribution in [-0.4, -0.2) is 11.9 Å². The summed E-state index contributed by atoms with van der Waals surface area (Å²) in [6.07, 6.45) is 0.807. The minimum absolute atomic E-state index is 0.139. The molecule has 4 nitrogen and oxygen atoms in total. The van der Waals surface area contributed by atoms with E-state index in [0.29, 0.717) is 11.3 Å². The zero-order valence-corrected chi connectivity index (χ0v) is 7.11. The summed E-state index contributed by atoms with van der Waals surface area (Å²) < 4.78 is 0. The number of benzene rings is 1. The van der Waals surface area contributed by atoms with Gasteiger partial charge in [-0.1, -0.05) is 18.2 Å². The first-order valence-electron chi connectivity index (χ1n) is 4.02. The Labute approximate surface area is 79.9 Å². The van der Waals surface area contributed by atoms with Crippen LogP contribution in [0.2, 0.25) is 0 Å². The molecule has 0 aliphatic carbocycles. The van der Waals surface area contributed by atoms with Crippen molar-refractivity contribution in [1.82, 2.24) is 0 Å². The molecule has 0 unspecified atom stereocenters. The summed E-state index contributed by atoms with van der Waals surface area (Å²) in [5.74, 6) is -1.78. The van der Waals surface area contributed by atoms with Crippen LogP contribution in [0.5, 0.6) is 0 Å². The minimum Gasteiger partial charge on any atom is -0.545 e. The molecule has 0 bridgehead atoms. The van der Waals surface area contributed by atoms with Crippen molar-refractivity contribution >= 4 is 23.1 Å². The number of anilines is 1. The highest BCUT2D eigenvalue weighted by Crippen LogP contribution is 2.30. The second-order valence-corrected chi connectivity index (χ2v) is 2.88. The molecule has 0 saturated carbocycles. The lowest BCUT2D eigenvalue weighted by Crippen LogP contribution is -2.20. The lowest BCUT2D eigenvalue weighted by molar-refractivity contribution is -0.297. The monoisotopic (exact) mass is 188 g/mol. The number of carboxylic acids is 1. The number of hydrogen-bond acceptors (Lipinski definition) is 3. The van der Waals surface area contributed by atoms with Crippen LogP contribution in [0.1, 0.15) is 5.56 Å². The molecular formula is C10H6NO3-. The van der Waals surface area contributed by atoms with Crippen molar-refractivity contribution < 1.29 is 14.7 Å². The van der Waals surface area contributed by atoms with Crippen LogP contribution in [0, 0.1) is 0 Å². The van der Waals surface area contributed by atoms with E-state index in [9.17, 15) is 14.7 Å². The summed E-state index contributed by atoms with van der Waals surface area (Å²) in [6, 6.07) is 6.90. The highest BCUT2D eigenvalue weighted by Gasteiger charge is 2.22. The van der Waals surface area contributed by atoms with Gasteiger partial charge >= 0.3 is 0 Å². The van der Waals surface area contributed by atoms with Crippen LogP contribution in [0.15, 0.2) is 30.3 Å². The van der Waals surface area contributed by atoms with Gasteiger partial charge in [0.2, 0.25) is 0 Å². The van der Waals surface area contributed by atoms with E-state index in [1.165, 1.54) is 0 Å². The van der Waals surface area contributed by atoms with E-state index < -0.39 is 11.9 Å². The fourth-order valence-electron chi connectivity index (χ4n) is 1.40. The minimum atomic E-state index is -1.37. The summed E-state index contributed by atoms with van der Waals surface area (Å²) in [6.45, 7) is 0. The predicted octanol–water partition coefficient (Wildman–Crippen LogP) is -0.228. The maximum Gasteiger partial charge on any atom is 0.256 e. The maximum absolute atomic E-state index is 11.3. The van der Waals surface area contributed by atoms with Gasteiger partial charge in [-0.2, -0.15) is 0 Å². The Bertz CT molecular complexity index is 448. The van der Waals surface area contributed by atoms with Gasteiger partial charge in [0, 0.05) is 11.3 Å². The van der Waals surface area contributed by atoms with Gasteiger partial charge < -0.3 is 15.2 Å². The smallest absolute Gasteiger partial charge is 0.256 e. The van der Waals surface area contributed by atoms with Crippen LogP contribution in [-0.2, 0) is 9.59 Å². The topological polar surface area (TPSA) is 69.2 Å². The van der Waals surface area contributed by atoms with Gasteiger partial charge in [-0.05, 0) is 12.1 Å².